The summed E-state index contributed by atoms with van der Waals surface area (Å²) in [6.07, 6.45) is 1.91. The lowest BCUT2D eigenvalue weighted by molar-refractivity contribution is -0.125. The van der Waals surface area contributed by atoms with Gasteiger partial charge in [0.25, 0.3) is 0 Å². The Hall–Kier alpha value is -1.55. The number of aryl methyl sites for hydroxylation is 1. The number of benzene rings is 1. The number of nitrogens with two attached hydrogens (primary N) is 2. The molecule has 4 nitrogen and oxygen atoms in total. The summed E-state index contributed by atoms with van der Waals surface area (Å²) >= 11 is 0. The van der Waals surface area contributed by atoms with Crippen molar-refractivity contribution in [2.75, 3.05) is 6.61 Å². The summed E-state index contributed by atoms with van der Waals surface area (Å²) in [5, 5.41) is 0. The molecule has 1 unspecified atom stereocenters. The third-order valence-corrected chi connectivity index (χ3v) is 3.23. The molecule has 1 aromatic carbocycles. The molecule has 1 saturated carbocycles. The van der Waals surface area contributed by atoms with Crippen LogP contribution in [0.1, 0.15) is 18.4 Å². The topological polar surface area (TPSA) is 78.3 Å². The van der Waals surface area contributed by atoms with E-state index < -0.39 is 11.4 Å². The van der Waals surface area contributed by atoms with Gasteiger partial charge in [0.2, 0.25) is 5.91 Å². The van der Waals surface area contributed by atoms with Crippen LogP contribution < -0.4 is 16.2 Å². The Labute approximate surface area is 101 Å². The smallest absolute Gasteiger partial charge is 0.241 e. The van der Waals surface area contributed by atoms with Crippen LogP contribution in [-0.4, -0.2) is 18.1 Å². The Morgan fingerprint density at radius 2 is 2.24 bits per heavy atom. The Bertz CT molecular complexity index is 429. The molecule has 0 spiro atoms. The Balaban J connectivity index is 2.03. The molecule has 1 aliphatic rings. The fraction of sp³-hybridized carbons (Fsp3) is 0.462. The van der Waals surface area contributed by atoms with Gasteiger partial charge in [-0.3, -0.25) is 4.79 Å². The van der Waals surface area contributed by atoms with E-state index in [2.05, 4.69) is 0 Å². The Kier molecular flexibility index (Phi) is 3.07. The van der Waals surface area contributed by atoms with Gasteiger partial charge < -0.3 is 16.2 Å². The standard InChI is InChI=1S/C13H18N2O2/c1-9-3-2-4-11(7-9)17-8-13(15,12(14)16)10-5-6-10/h2-4,7,10H,5-6,8,15H2,1H3,(H2,14,16). The van der Waals surface area contributed by atoms with Crippen LogP contribution in [-0.2, 0) is 4.79 Å². The van der Waals surface area contributed by atoms with Crippen molar-refractivity contribution in [2.45, 2.75) is 25.3 Å². The molecule has 4 heteroatoms. The van der Waals surface area contributed by atoms with Crippen LogP contribution in [0, 0.1) is 12.8 Å². The molecule has 4 N–H and O–H groups in total. The van der Waals surface area contributed by atoms with Crippen molar-refractivity contribution in [3.05, 3.63) is 29.8 Å². The zero-order chi connectivity index (χ0) is 12.5. The quantitative estimate of drug-likeness (QED) is 0.796. The van der Waals surface area contributed by atoms with E-state index in [9.17, 15) is 4.79 Å². The van der Waals surface area contributed by atoms with E-state index in [0.29, 0.717) is 0 Å². The van der Waals surface area contributed by atoms with Gasteiger partial charge in [-0.1, -0.05) is 12.1 Å². The molecule has 0 aromatic heterocycles. The van der Waals surface area contributed by atoms with Gasteiger partial charge >= 0.3 is 0 Å². The highest BCUT2D eigenvalue weighted by Gasteiger charge is 2.47. The van der Waals surface area contributed by atoms with Crippen LogP contribution in [0.5, 0.6) is 5.75 Å². The molecule has 1 atom stereocenters. The Morgan fingerprint density at radius 3 is 2.76 bits per heavy atom. The first-order chi connectivity index (χ1) is 8.02. The van der Waals surface area contributed by atoms with Gasteiger partial charge in [-0.25, -0.2) is 0 Å². The van der Waals surface area contributed by atoms with E-state index in [-0.39, 0.29) is 12.5 Å². The zero-order valence-electron chi connectivity index (χ0n) is 9.98. The number of hydrogen-bond donors (Lipinski definition) is 2. The number of carbonyl (C=O) groups is 1. The van der Waals surface area contributed by atoms with Gasteiger partial charge in [0.15, 0.2) is 0 Å². The van der Waals surface area contributed by atoms with Crippen molar-refractivity contribution >= 4 is 5.91 Å². The van der Waals surface area contributed by atoms with Crippen molar-refractivity contribution in [3.8, 4) is 5.75 Å². The van der Waals surface area contributed by atoms with Crippen molar-refractivity contribution in [2.24, 2.45) is 17.4 Å². The maximum absolute atomic E-state index is 11.4. The molecule has 1 amide bonds. The molecule has 17 heavy (non-hydrogen) atoms. The third kappa shape index (κ3) is 2.58. The lowest BCUT2D eigenvalue weighted by Gasteiger charge is -2.25. The highest BCUT2D eigenvalue weighted by molar-refractivity contribution is 5.85. The number of carbonyl (C=O) groups excluding carboxylic acids is 1. The predicted molar refractivity (Wildman–Crippen MR) is 65.5 cm³/mol. The second-order valence-electron chi connectivity index (χ2n) is 4.78. The summed E-state index contributed by atoms with van der Waals surface area (Å²) in [6, 6.07) is 7.65. The van der Waals surface area contributed by atoms with Gasteiger partial charge in [-0.2, -0.15) is 0 Å². The summed E-state index contributed by atoms with van der Waals surface area (Å²) in [5.74, 6) is 0.416. The molecule has 1 aliphatic carbocycles. The average molecular weight is 234 g/mol. The summed E-state index contributed by atoms with van der Waals surface area (Å²) < 4.78 is 5.59. The first-order valence-electron chi connectivity index (χ1n) is 5.80. The van der Waals surface area contributed by atoms with E-state index in [4.69, 9.17) is 16.2 Å². The van der Waals surface area contributed by atoms with E-state index >= 15 is 0 Å². The van der Waals surface area contributed by atoms with E-state index in [1.165, 1.54) is 0 Å². The molecule has 2 rings (SSSR count). The third-order valence-electron chi connectivity index (χ3n) is 3.23. The minimum Gasteiger partial charge on any atom is -0.491 e. The SMILES string of the molecule is Cc1cccc(OCC(N)(C(N)=O)C2CC2)c1. The van der Waals surface area contributed by atoms with Gasteiger partial charge in [0.05, 0.1) is 0 Å². The number of ether oxygens (including phenoxy) is 1. The number of rotatable bonds is 5. The van der Waals surface area contributed by atoms with Crippen molar-refractivity contribution in [1.29, 1.82) is 0 Å². The van der Waals surface area contributed by atoms with Crippen LogP contribution >= 0.6 is 0 Å². The minimum atomic E-state index is -1.02. The molecule has 92 valence electrons. The maximum atomic E-state index is 11.4. The van der Waals surface area contributed by atoms with Crippen molar-refractivity contribution in [3.63, 3.8) is 0 Å². The Morgan fingerprint density at radius 1 is 1.53 bits per heavy atom. The summed E-state index contributed by atoms with van der Waals surface area (Å²) in [4.78, 5) is 11.4. The van der Waals surface area contributed by atoms with Gasteiger partial charge in [-0.05, 0) is 43.4 Å². The van der Waals surface area contributed by atoms with Crippen LogP contribution in [0.4, 0.5) is 0 Å². The normalized spacial score (nSPS) is 18.5. The van der Waals surface area contributed by atoms with Crippen LogP contribution in [0.15, 0.2) is 24.3 Å². The minimum absolute atomic E-state index is 0.149. The average Bonchev–Trinajstić information content (AvgIpc) is 3.09. The molecule has 0 heterocycles. The van der Waals surface area contributed by atoms with E-state index in [1.54, 1.807) is 0 Å². The first kappa shape index (κ1) is 11.9. The molecule has 0 saturated heterocycles. The molecule has 0 radical (unpaired) electrons. The largest absolute Gasteiger partial charge is 0.491 e. The number of primary amides is 1. The first-order valence-corrected chi connectivity index (χ1v) is 5.80. The molecule has 1 aromatic rings. The van der Waals surface area contributed by atoms with Crippen LogP contribution in [0.3, 0.4) is 0 Å². The lowest BCUT2D eigenvalue weighted by Crippen LogP contribution is -2.58. The molecule has 0 bridgehead atoms. The molecule has 0 aliphatic heterocycles. The monoisotopic (exact) mass is 234 g/mol. The van der Waals surface area contributed by atoms with E-state index in [1.807, 2.05) is 31.2 Å². The van der Waals surface area contributed by atoms with Crippen molar-refractivity contribution in [1.82, 2.24) is 0 Å². The van der Waals surface area contributed by atoms with Gasteiger partial charge in [0.1, 0.15) is 17.9 Å². The molecule has 1 fully saturated rings. The van der Waals surface area contributed by atoms with E-state index in [0.717, 1.165) is 24.2 Å². The summed E-state index contributed by atoms with van der Waals surface area (Å²) in [7, 11) is 0. The number of hydrogen-bond acceptors (Lipinski definition) is 3. The second-order valence-corrected chi connectivity index (χ2v) is 4.78. The maximum Gasteiger partial charge on any atom is 0.241 e. The van der Waals surface area contributed by atoms with Gasteiger partial charge in [0, 0.05) is 0 Å². The fourth-order valence-electron chi connectivity index (χ4n) is 1.90. The summed E-state index contributed by atoms with van der Waals surface area (Å²) in [5.41, 5.74) is 11.5. The van der Waals surface area contributed by atoms with Gasteiger partial charge in [-0.15, -0.1) is 0 Å². The predicted octanol–water partition coefficient (Wildman–Crippen LogP) is 0.967. The fourth-order valence-corrected chi connectivity index (χ4v) is 1.90. The van der Waals surface area contributed by atoms with Crippen LogP contribution in [0.2, 0.25) is 0 Å². The second kappa shape index (κ2) is 4.37. The highest BCUT2D eigenvalue weighted by atomic mass is 16.5. The zero-order valence-corrected chi connectivity index (χ0v) is 9.98. The highest BCUT2D eigenvalue weighted by Crippen LogP contribution is 2.38. The lowest BCUT2D eigenvalue weighted by atomic mass is 9.95. The van der Waals surface area contributed by atoms with Crippen molar-refractivity contribution < 1.29 is 9.53 Å². The molecular formula is C13H18N2O2. The number of amides is 1. The summed E-state index contributed by atoms with van der Waals surface area (Å²) in [6.45, 7) is 2.13. The molecular weight excluding hydrogens is 216 g/mol. The van der Waals surface area contributed by atoms with Crippen LogP contribution in [0.25, 0.3) is 0 Å².